The summed E-state index contributed by atoms with van der Waals surface area (Å²) < 4.78 is 10.6. The van der Waals surface area contributed by atoms with E-state index in [0.717, 1.165) is 0 Å². The Labute approximate surface area is 205 Å². The fourth-order valence-corrected chi connectivity index (χ4v) is 3.70. The van der Waals surface area contributed by atoms with Crippen LogP contribution in [0.1, 0.15) is 37.0 Å². The van der Waals surface area contributed by atoms with E-state index in [1.807, 2.05) is 13.8 Å². The number of hydrogen-bond acceptors (Lipinski definition) is 7. The monoisotopic (exact) mass is 516 g/mol. The van der Waals surface area contributed by atoms with Gasteiger partial charge >= 0.3 is 25.0 Å². The lowest BCUT2D eigenvalue weighted by atomic mass is 9.71. The molecule has 2 amide bonds. The molecule has 2 rings (SSSR count). The molecule has 2 unspecified atom stereocenters. The van der Waals surface area contributed by atoms with Crippen molar-refractivity contribution in [3.8, 4) is 0 Å². The lowest BCUT2D eigenvalue weighted by Crippen LogP contribution is -2.59. The van der Waals surface area contributed by atoms with Gasteiger partial charge in [0.1, 0.15) is 0 Å². The molecular weight excluding hydrogens is 494 g/mol. The predicted molar refractivity (Wildman–Crippen MR) is 120 cm³/mol. The lowest BCUT2D eigenvalue weighted by Gasteiger charge is -2.35. The quantitative estimate of drug-likeness (QED) is 0.265. The first-order valence-corrected chi connectivity index (χ1v) is 11.0. The number of carbonyl (C=O) groups excluding carboxylic acids is 3. The zero-order valence-electron chi connectivity index (χ0n) is 18.2. The highest BCUT2D eigenvalue weighted by Crippen LogP contribution is 2.25. The number of carboxylic acids is 2. The molecule has 1 aliphatic heterocycles. The standard InChI is InChI=1S/C20H23BCl2N2O9/c1-9(2)5-14(21-33-13(7-16(27)28)17(19(30)31)20(32)34-21)25-15(26)8-24-18(29)11-6-10(22)3-4-12(11)23/h3-4,6,9,13-14,17H,5,7-8H2,1-2H3,(H,24,29)(H,25,26)(H,27,28)(H,30,31)/t13?,14-,17?/m0/s1. The summed E-state index contributed by atoms with van der Waals surface area (Å²) in [4.78, 5) is 59.7. The van der Waals surface area contributed by atoms with Gasteiger partial charge in [-0.25, -0.2) is 0 Å². The van der Waals surface area contributed by atoms with E-state index in [2.05, 4.69) is 10.6 Å². The van der Waals surface area contributed by atoms with Crippen LogP contribution in [0.15, 0.2) is 18.2 Å². The Balaban J connectivity index is 2.09. The Morgan fingerprint density at radius 2 is 1.85 bits per heavy atom. The Morgan fingerprint density at radius 1 is 1.18 bits per heavy atom. The SMILES string of the molecule is CC(C)C[C@H](NC(=O)CNC(=O)c1cc(Cl)ccc1Cl)B1OC(=O)C(C(=O)O)C(CC(=O)O)O1. The molecule has 0 aromatic heterocycles. The fraction of sp³-hybridized carbons (Fsp3) is 0.450. The van der Waals surface area contributed by atoms with Gasteiger partial charge in [0.05, 0.1) is 35.6 Å². The van der Waals surface area contributed by atoms with Crippen molar-refractivity contribution in [3.63, 3.8) is 0 Å². The van der Waals surface area contributed by atoms with E-state index >= 15 is 0 Å². The van der Waals surface area contributed by atoms with Crippen LogP contribution in [0.5, 0.6) is 0 Å². The van der Waals surface area contributed by atoms with Gasteiger partial charge < -0.3 is 30.2 Å². The zero-order chi connectivity index (χ0) is 25.6. The number of amides is 2. The third-order valence-electron chi connectivity index (χ3n) is 4.79. The average molecular weight is 517 g/mol. The molecule has 184 valence electrons. The summed E-state index contributed by atoms with van der Waals surface area (Å²) >= 11 is 11.8. The van der Waals surface area contributed by atoms with Gasteiger partial charge in [-0.3, -0.25) is 24.0 Å². The Bertz CT molecular complexity index is 975. The summed E-state index contributed by atoms with van der Waals surface area (Å²) in [6, 6.07) is 4.28. The summed E-state index contributed by atoms with van der Waals surface area (Å²) in [5.74, 6) is -8.19. The molecule has 0 radical (unpaired) electrons. The normalized spacial score (nSPS) is 18.7. The average Bonchev–Trinajstić information content (AvgIpc) is 2.71. The number of nitrogens with one attached hydrogen (secondary N) is 2. The van der Waals surface area contributed by atoms with Crippen molar-refractivity contribution in [1.29, 1.82) is 0 Å². The first-order valence-electron chi connectivity index (χ1n) is 10.2. The molecule has 0 bridgehead atoms. The zero-order valence-corrected chi connectivity index (χ0v) is 19.8. The van der Waals surface area contributed by atoms with Crippen molar-refractivity contribution in [3.05, 3.63) is 33.8 Å². The van der Waals surface area contributed by atoms with Gasteiger partial charge in [-0.05, 0) is 30.5 Å². The minimum atomic E-state index is -1.82. The molecule has 1 heterocycles. The fourth-order valence-electron chi connectivity index (χ4n) is 3.32. The van der Waals surface area contributed by atoms with Crippen molar-refractivity contribution >= 4 is 60.0 Å². The van der Waals surface area contributed by atoms with Gasteiger partial charge in [-0.1, -0.05) is 37.0 Å². The third kappa shape index (κ3) is 7.61. The second kappa shape index (κ2) is 12.0. The van der Waals surface area contributed by atoms with Gasteiger partial charge in [0, 0.05) is 5.02 Å². The van der Waals surface area contributed by atoms with Crippen molar-refractivity contribution < 1.29 is 43.5 Å². The number of hydrogen-bond donors (Lipinski definition) is 4. The summed E-state index contributed by atoms with van der Waals surface area (Å²) in [6.07, 6.45) is -1.99. The van der Waals surface area contributed by atoms with Crippen LogP contribution in [0.3, 0.4) is 0 Å². The molecule has 34 heavy (non-hydrogen) atoms. The topological polar surface area (TPSA) is 168 Å². The molecule has 1 aromatic carbocycles. The van der Waals surface area contributed by atoms with Crippen LogP contribution in [0, 0.1) is 11.8 Å². The molecule has 3 atom stereocenters. The number of carbonyl (C=O) groups is 5. The molecule has 0 aliphatic carbocycles. The third-order valence-corrected chi connectivity index (χ3v) is 5.36. The van der Waals surface area contributed by atoms with E-state index in [1.54, 1.807) is 0 Å². The highest BCUT2D eigenvalue weighted by molar-refractivity contribution is 6.50. The number of aliphatic carboxylic acids is 2. The number of benzene rings is 1. The molecule has 1 aromatic rings. The van der Waals surface area contributed by atoms with Crippen LogP contribution in [-0.4, -0.2) is 65.6 Å². The highest BCUT2D eigenvalue weighted by Gasteiger charge is 2.50. The van der Waals surface area contributed by atoms with Crippen LogP contribution in [0.4, 0.5) is 0 Å². The van der Waals surface area contributed by atoms with Crippen molar-refractivity contribution in [2.45, 2.75) is 38.7 Å². The Morgan fingerprint density at radius 3 is 2.44 bits per heavy atom. The smallest absolute Gasteiger partial charge is 0.508 e. The molecule has 1 saturated heterocycles. The van der Waals surface area contributed by atoms with E-state index in [1.165, 1.54) is 18.2 Å². The van der Waals surface area contributed by atoms with E-state index in [9.17, 15) is 29.1 Å². The minimum absolute atomic E-state index is 0.0254. The maximum Gasteiger partial charge on any atom is 0.551 e. The molecule has 0 spiro atoms. The van der Waals surface area contributed by atoms with Gasteiger partial charge in [0.2, 0.25) is 5.91 Å². The lowest BCUT2D eigenvalue weighted by molar-refractivity contribution is -0.165. The highest BCUT2D eigenvalue weighted by atomic mass is 35.5. The number of rotatable bonds is 10. The minimum Gasteiger partial charge on any atom is -0.508 e. The molecule has 1 fully saturated rings. The molecule has 11 nitrogen and oxygen atoms in total. The van der Waals surface area contributed by atoms with Crippen molar-refractivity contribution in [2.24, 2.45) is 11.8 Å². The first-order chi connectivity index (χ1) is 15.9. The van der Waals surface area contributed by atoms with Crippen LogP contribution in [0.2, 0.25) is 10.0 Å². The molecule has 4 N–H and O–H groups in total. The van der Waals surface area contributed by atoms with Gasteiger partial charge in [0.25, 0.3) is 5.91 Å². The van der Waals surface area contributed by atoms with Crippen molar-refractivity contribution in [1.82, 2.24) is 10.6 Å². The number of halogens is 2. The number of carboxylic acid groups (broad SMARTS) is 2. The van der Waals surface area contributed by atoms with E-state index < -0.39 is 67.8 Å². The maximum absolute atomic E-state index is 12.5. The van der Waals surface area contributed by atoms with Crippen LogP contribution in [-0.2, 0) is 28.5 Å². The van der Waals surface area contributed by atoms with E-state index in [-0.39, 0.29) is 27.9 Å². The molecule has 0 saturated carbocycles. The van der Waals surface area contributed by atoms with Crippen LogP contribution >= 0.6 is 23.2 Å². The Hall–Kier alpha value is -2.83. The molecule has 1 aliphatic rings. The van der Waals surface area contributed by atoms with Crippen molar-refractivity contribution in [2.75, 3.05) is 6.54 Å². The largest absolute Gasteiger partial charge is 0.551 e. The predicted octanol–water partition coefficient (Wildman–Crippen LogP) is 1.40. The molecule has 14 heteroatoms. The Kier molecular flexibility index (Phi) is 9.71. The summed E-state index contributed by atoms with van der Waals surface area (Å²) in [6.45, 7) is 3.18. The first kappa shape index (κ1) is 27.4. The summed E-state index contributed by atoms with van der Waals surface area (Å²) in [5.41, 5.74) is 0.0708. The maximum atomic E-state index is 12.5. The second-order valence-corrected chi connectivity index (χ2v) is 8.85. The summed E-state index contributed by atoms with van der Waals surface area (Å²) in [7, 11) is -1.42. The van der Waals surface area contributed by atoms with E-state index in [4.69, 9.17) is 37.6 Å². The van der Waals surface area contributed by atoms with Gasteiger partial charge in [0.15, 0.2) is 5.92 Å². The molecular formula is C20H23BCl2N2O9. The van der Waals surface area contributed by atoms with Crippen LogP contribution < -0.4 is 10.6 Å². The van der Waals surface area contributed by atoms with Gasteiger partial charge in [-0.15, -0.1) is 0 Å². The summed E-state index contributed by atoms with van der Waals surface area (Å²) in [5, 5.41) is 23.7. The van der Waals surface area contributed by atoms with Crippen LogP contribution in [0.25, 0.3) is 0 Å². The second-order valence-electron chi connectivity index (χ2n) is 8.00. The van der Waals surface area contributed by atoms with E-state index in [0.29, 0.717) is 0 Å². The van der Waals surface area contributed by atoms with Gasteiger partial charge in [-0.2, -0.15) is 0 Å².